The summed E-state index contributed by atoms with van der Waals surface area (Å²) in [6.07, 6.45) is -0.707. The number of amides is 1. The van der Waals surface area contributed by atoms with Crippen LogP contribution in [0.4, 0.5) is 24.5 Å². The first-order chi connectivity index (χ1) is 15.7. The lowest BCUT2D eigenvalue weighted by Gasteiger charge is -2.44. The maximum atomic E-state index is 13.5. The van der Waals surface area contributed by atoms with Crippen molar-refractivity contribution in [3.63, 3.8) is 0 Å². The molecule has 9 heteroatoms. The molecule has 2 fully saturated rings. The molecule has 0 radical (unpaired) electrons. The van der Waals surface area contributed by atoms with E-state index in [0.717, 1.165) is 42.6 Å². The van der Waals surface area contributed by atoms with Gasteiger partial charge in [-0.1, -0.05) is 12.1 Å². The number of carbonyl (C=O) groups is 1. The number of aryl methyl sites for hydroxylation is 1. The number of hydrogen-bond acceptors (Lipinski definition) is 5. The highest BCUT2D eigenvalue weighted by Gasteiger charge is 2.60. The zero-order valence-electron chi connectivity index (χ0n) is 17.6. The molecule has 1 heterocycles. The van der Waals surface area contributed by atoms with E-state index in [9.17, 15) is 18.0 Å². The van der Waals surface area contributed by atoms with Gasteiger partial charge in [-0.3, -0.25) is 9.69 Å². The van der Waals surface area contributed by atoms with Crippen LogP contribution in [0.3, 0.4) is 0 Å². The Morgan fingerprint density at radius 3 is 2.30 bits per heavy atom. The summed E-state index contributed by atoms with van der Waals surface area (Å²) in [5.74, 6) is -0.287. The molecule has 0 aromatic heterocycles. The molecule has 1 saturated heterocycles. The second-order valence-corrected chi connectivity index (χ2v) is 8.76. The van der Waals surface area contributed by atoms with Crippen LogP contribution >= 0.6 is 12.6 Å². The minimum Gasteiger partial charge on any atom is -0.328 e. The van der Waals surface area contributed by atoms with E-state index < -0.39 is 28.3 Å². The molecule has 1 aliphatic carbocycles. The van der Waals surface area contributed by atoms with E-state index in [2.05, 4.69) is 18.7 Å². The quantitative estimate of drug-likeness (QED) is 0.468. The number of thiol groups is 1. The number of unbranched alkanes of at least 4 members (excludes halogenated alkanes) is 1. The van der Waals surface area contributed by atoms with Gasteiger partial charge in [-0.15, -0.1) is 12.6 Å². The van der Waals surface area contributed by atoms with Crippen molar-refractivity contribution in [1.82, 2.24) is 0 Å². The molecule has 33 heavy (non-hydrogen) atoms. The highest BCUT2D eigenvalue weighted by atomic mass is 32.1. The molecular formula is C24H21F3N4OS. The molecule has 5 nitrogen and oxygen atoms in total. The van der Waals surface area contributed by atoms with Crippen molar-refractivity contribution >= 4 is 29.9 Å². The first-order valence-electron chi connectivity index (χ1n) is 10.6. The number of halogens is 3. The van der Waals surface area contributed by atoms with Gasteiger partial charge in [0.15, 0.2) is 5.50 Å². The van der Waals surface area contributed by atoms with E-state index in [0.29, 0.717) is 19.3 Å². The van der Waals surface area contributed by atoms with E-state index in [1.165, 1.54) is 11.0 Å². The molecule has 1 atom stereocenters. The maximum Gasteiger partial charge on any atom is 0.417 e. The van der Waals surface area contributed by atoms with Crippen LogP contribution in [-0.2, 0) is 17.4 Å². The standard InChI is InChI=1S/C24H21F3N4OS/c25-24(26,27)20-14-19(10-7-17(20)15-29)30-21(32)23(11-3-12-23)31(22(30)33)18-8-5-16(6-9-18)4-1-2-13-28/h5-10,14,22,33H,1-4,11-12H2. The van der Waals surface area contributed by atoms with Crippen molar-refractivity contribution in [3.8, 4) is 12.1 Å². The Labute approximate surface area is 195 Å². The average Bonchev–Trinajstić information content (AvgIpc) is 3.00. The molecule has 1 unspecified atom stereocenters. The zero-order chi connectivity index (χ0) is 23.8. The van der Waals surface area contributed by atoms with Gasteiger partial charge in [-0.2, -0.15) is 23.7 Å². The predicted molar refractivity (Wildman–Crippen MR) is 120 cm³/mol. The van der Waals surface area contributed by atoms with Crippen LogP contribution in [0.5, 0.6) is 0 Å². The third kappa shape index (κ3) is 3.91. The SMILES string of the molecule is N#CCCCc1ccc(N2C(S)N(c3ccc(C#N)c(C(F)(F)F)c3)C(=O)C23CCC3)cc1. The highest BCUT2D eigenvalue weighted by molar-refractivity contribution is 7.81. The molecule has 1 amide bonds. The summed E-state index contributed by atoms with van der Waals surface area (Å²) in [6.45, 7) is 0. The van der Waals surface area contributed by atoms with Crippen LogP contribution in [0, 0.1) is 22.7 Å². The lowest BCUT2D eigenvalue weighted by molar-refractivity contribution is -0.137. The Morgan fingerprint density at radius 1 is 1.09 bits per heavy atom. The summed E-state index contributed by atoms with van der Waals surface area (Å²) < 4.78 is 40.5. The molecule has 1 spiro atoms. The Hall–Kier alpha value is -3.17. The van der Waals surface area contributed by atoms with Crippen LogP contribution in [0.25, 0.3) is 0 Å². The third-order valence-corrected chi connectivity index (χ3v) is 6.86. The number of benzene rings is 2. The summed E-state index contributed by atoms with van der Waals surface area (Å²) in [7, 11) is 0. The number of carbonyl (C=O) groups excluding carboxylic acids is 1. The van der Waals surface area contributed by atoms with Crippen molar-refractivity contribution in [2.45, 2.75) is 55.7 Å². The van der Waals surface area contributed by atoms with E-state index >= 15 is 0 Å². The van der Waals surface area contributed by atoms with E-state index in [1.54, 1.807) is 6.07 Å². The second-order valence-electron chi connectivity index (χ2n) is 8.29. The van der Waals surface area contributed by atoms with Gasteiger partial charge < -0.3 is 4.90 Å². The first kappa shape index (κ1) is 23.0. The maximum absolute atomic E-state index is 13.5. The lowest BCUT2D eigenvalue weighted by Crippen LogP contribution is -2.55. The Morgan fingerprint density at radius 2 is 1.76 bits per heavy atom. The van der Waals surface area contributed by atoms with Crippen molar-refractivity contribution in [3.05, 3.63) is 59.2 Å². The smallest absolute Gasteiger partial charge is 0.328 e. The average molecular weight is 471 g/mol. The lowest BCUT2D eigenvalue weighted by atomic mass is 9.75. The predicted octanol–water partition coefficient (Wildman–Crippen LogP) is 5.41. The molecule has 1 saturated carbocycles. The number of anilines is 2. The Balaban J connectivity index is 1.69. The van der Waals surface area contributed by atoms with Gasteiger partial charge in [0.25, 0.3) is 5.91 Å². The number of alkyl halides is 3. The van der Waals surface area contributed by atoms with Gasteiger partial charge in [0, 0.05) is 17.8 Å². The first-order valence-corrected chi connectivity index (χ1v) is 11.1. The van der Waals surface area contributed by atoms with E-state index in [1.807, 2.05) is 29.2 Å². The summed E-state index contributed by atoms with van der Waals surface area (Å²) in [5, 5.41) is 17.8. The fraction of sp³-hybridized carbons (Fsp3) is 0.375. The minimum atomic E-state index is -4.72. The normalized spacial score (nSPS) is 19.3. The summed E-state index contributed by atoms with van der Waals surface area (Å²) in [6, 6.07) is 14.7. The van der Waals surface area contributed by atoms with Gasteiger partial charge in [-0.25, -0.2) is 0 Å². The van der Waals surface area contributed by atoms with Crippen LogP contribution < -0.4 is 9.80 Å². The van der Waals surface area contributed by atoms with E-state index in [4.69, 9.17) is 10.5 Å². The van der Waals surface area contributed by atoms with Gasteiger partial charge in [0.2, 0.25) is 0 Å². The fourth-order valence-corrected chi connectivity index (χ4v) is 5.17. The van der Waals surface area contributed by atoms with Crippen molar-refractivity contribution in [2.75, 3.05) is 9.80 Å². The number of hydrogen-bond donors (Lipinski definition) is 1. The van der Waals surface area contributed by atoms with Gasteiger partial charge in [-0.05, 0) is 68.0 Å². The molecular weight excluding hydrogens is 449 g/mol. The molecule has 0 bridgehead atoms. The summed E-state index contributed by atoms with van der Waals surface area (Å²) in [5.41, 5.74) is -1.31. The number of nitriles is 2. The molecule has 0 N–H and O–H groups in total. The largest absolute Gasteiger partial charge is 0.417 e. The van der Waals surface area contributed by atoms with Crippen LogP contribution in [0.15, 0.2) is 42.5 Å². The number of rotatable bonds is 5. The molecule has 170 valence electrons. The molecule has 1 aliphatic heterocycles. The Kier molecular flexibility index (Phi) is 6.02. The second kappa shape index (κ2) is 8.64. The summed E-state index contributed by atoms with van der Waals surface area (Å²) in [4.78, 5) is 16.7. The molecule has 2 aromatic carbocycles. The minimum absolute atomic E-state index is 0.0632. The van der Waals surface area contributed by atoms with Gasteiger partial charge >= 0.3 is 6.18 Å². The van der Waals surface area contributed by atoms with Crippen molar-refractivity contribution in [2.24, 2.45) is 0 Å². The topological polar surface area (TPSA) is 71.1 Å². The molecule has 2 aliphatic rings. The fourth-order valence-electron chi connectivity index (χ4n) is 4.58. The van der Waals surface area contributed by atoms with Crippen molar-refractivity contribution < 1.29 is 18.0 Å². The van der Waals surface area contributed by atoms with Gasteiger partial charge in [0.05, 0.1) is 23.3 Å². The monoisotopic (exact) mass is 470 g/mol. The van der Waals surface area contributed by atoms with Crippen LogP contribution in [0.1, 0.15) is 48.8 Å². The summed E-state index contributed by atoms with van der Waals surface area (Å²) >= 11 is 4.66. The van der Waals surface area contributed by atoms with Crippen LogP contribution in [0.2, 0.25) is 0 Å². The Bertz CT molecular complexity index is 1150. The molecule has 4 rings (SSSR count). The van der Waals surface area contributed by atoms with Gasteiger partial charge in [0.1, 0.15) is 5.54 Å². The van der Waals surface area contributed by atoms with Crippen LogP contribution in [-0.4, -0.2) is 16.9 Å². The molecule has 2 aromatic rings. The third-order valence-electron chi connectivity index (χ3n) is 6.40. The van der Waals surface area contributed by atoms with Crippen molar-refractivity contribution in [1.29, 1.82) is 10.5 Å². The highest BCUT2D eigenvalue weighted by Crippen LogP contribution is 2.50. The van der Waals surface area contributed by atoms with E-state index in [-0.39, 0.29) is 11.6 Å². The number of nitrogens with zero attached hydrogens (tertiary/aromatic N) is 4. The zero-order valence-corrected chi connectivity index (χ0v) is 18.5.